The summed E-state index contributed by atoms with van der Waals surface area (Å²) < 4.78 is 63.9. The molecule has 3 rings (SSSR count). The van der Waals surface area contributed by atoms with Gasteiger partial charge < -0.3 is 0 Å². The average Bonchev–Trinajstić information content (AvgIpc) is 3.17. The van der Waals surface area contributed by atoms with Crippen molar-refractivity contribution in [2.45, 2.75) is 43.2 Å². The predicted molar refractivity (Wildman–Crippen MR) is 80.2 cm³/mol. The molecule has 122 valence electrons. The molecule has 1 aliphatic carbocycles. The van der Waals surface area contributed by atoms with Gasteiger partial charge in [0.25, 0.3) is 0 Å². The fourth-order valence-electron chi connectivity index (χ4n) is 2.90. The zero-order valence-electron chi connectivity index (χ0n) is 12.2. The van der Waals surface area contributed by atoms with Gasteiger partial charge in [-0.05, 0) is 49.9 Å². The molecule has 1 atom stereocenters. The number of hydrogen-bond acceptors (Lipinski definition) is 4. The molecular weight excluding hydrogens is 329 g/mol. The summed E-state index contributed by atoms with van der Waals surface area (Å²) in [5.74, 6) is -0.553. The molecule has 0 spiro atoms. The maximum atomic E-state index is 13.4. The number of halogens is 1. The van der Waals surface area contributed by atoms with Crippen LogP contribution in [0.5, 0.6) is 0 Å². The second-order valence-electron chi connectivity index (χ2n) is 6.03. The monoisotopic (exact) mass is 347 g/mol. The molecule has 22 heavy (non-hydrogen) atoms. The van der Waals surface area contributed by atoms with Gasteiger partial charge in [-0.15, -0.1) is 0 Å². The molecule has 2 aliphatic rings. The summed E-state index contributed by atoms with van der Waals surface area (Å²) >= 11 is 0. The minimum Gasteiger partial charge on any atom is -0.229 e. The van der Waals surface area contributed by atoms with Crippen LogP contribution in [0.3, 0.4) is 0 Å². The third kappa shape index (κ3) is 2.91. The number of sulfonamides is 1. The third-order valence-electron chi connectivity index (χ3n) is 4.18. The van der Waals surface area contributed by atoms with Crippen LogP contribution in [0, 0.1) is 12.7 Å². The molecule has 1 saturated heterocycles. The molecule has 0 amide bonds. The lowest BCUT2D eigenvalue weighted by Crippen LogP contribution is -2.42. The standard InChI is InChI=1S/C14H18FNO4S2/c1-10-8-13(4-5-14(10)15)22(19,20)16(11-2-3-11)12-6-7-21(17,18)9-12/h4-5,8,11-12H,2-3,6-7,9H2,1H3. The van der Waals surface area contributed by atoms with Crippen LogP contribution in [0.25, 0.3) is 0 Å². The molecule has 2 fully saturated rings. The van der Waals surface area contributed by atoms with Crippen LogP contribution in [0.4, 0.5) is 4.39 Å². The Labute approximate surface area is 130 Å². The Balaban J connectivity index is 1.98. The zero-order valence-corrected chi connectivity index (χ0v) is 13.8. The number of nitrogens with zero attached hydrogens (tertiary/aromatic N) is 1. The first-order chi connectivity index (χ1) is 10.2. The van der Waals surface area contributed by atoms with Crippen LogP contribution >= 0.6 is 0 Å². The van der Waals surface area contributed by atoms with E-state index in [0.29, 0.717) is 6.42 Å². The first-order valence-corrected chi connectivity index (χ1v) is 10.5. The zero-order chi connectivity index (χ0) is 16.1. The summed E-state index contributed by atoms with van der Waals surface area (Å²) in [7, 11) is -6.98. The Morgan fingerprint density at radius 3 is 2.36 bits per heavy atom. The number of rotatable bonds is 4. The molecule has 1 heterocycles. The lowest BCUT2D eigenvalue weighted by Gasteiger charge is -2.27. The van der Waals surface area contributed by atoms with E-state index in [9.17, 15) is 21.2 Å². The van der Waals surface area contributed by atoms with Crippen molar-refractivity contribution in [3.63, 3.8) is 0 Å². The molecule has 0 aromatic heterocycles. The lowest BCUT2D eigenvalue weighted by atomic mass is 10.2. The Morgan fingerprint density at radius 1 is 1.18 bits per heavy atom. The van der Waals surface area contributed by atoms with Crippen LogP contribution in [0.1, 0.15) is 24.8 Å². The van der Waals surface area contributed by atoms with Crippen molar-refractivity contribution in [1.29, 1.82) is 0 Å². The van der Waals surface area contributed by atoms with E-state index in [-0.39, 0.29) is 28.0 Å². The molecule has 0 bridgehead atoms. The molecule has 0 N–H and O–H groups in total. The number of sulfone groups is 1. The minimum absolute atomic E-state index is 0.0266. The number of hydrogen-bond donors (Lipinski definition) is 0. The van der Waals surface area contributed by atoms with E-state index in [2.05, 4.69) is 0 Å². The molecule has 1 saturated carbocycles. The quantitative estimate of drug-likeness (QED) is 0.827. The summed E-state index contributed by atoms with van der Waals surface area (Å²) in [5, 5.41) is 0. The molecular formula is C14H18FNO4S2. The molecule has 8 heteroatoms. The van der Waals surface area contributed by atoms with E-state index in [1.165, 1.54) is 23.4 Å². The van der Waals surface area contributed by atoms with E-state index in [1.54, 1.807) is 0 Å². The Kier molecular flexibility index (Phi) is 3.81. The van der Waals surface area contributed by atoms with Gasteiger partial charge in [0, 0.05) is 12.1 Å². The summed E-state index contributed by atoms with van der Waals surface area (Å²) in [4.78, 5) is 0.0302. The van der Waals surface area contributed by atoms with Gasteiger partial charge >= 0.3 is 0 Å². The van der Waals surface area contributed by atoms with Crippen LogP contribution in [-0.2, 0) is 19.9 Å². The van der Waals surface area contributed by atoms with E-state index in [0.717, 1.165) is 18.9 Å². The van der Waals surface area contributed by atoms with Gasteiger partial charge in [0.1, 0.15) is 5.82 Å². The maximum Gasteiger partial charge on any atom is 0.243 e. The fourth-order valence-corrected chi connectivity index (χ4v) is 6.69. The van der Waals surface area contributed by atoms with Gasteiger partial charge in [0.15, 0.2) is 9.84 Å². The molecule has 1 aliphatic heterocycles. The van der Waals surface area contributed by atoms with Gasteiger partial charge in [0.2, 0.25) is 10.0 Å². The summed E-state index contributed by atoms with van der Waals surface area (Å²) in [5.41, 5.74) is 0.260. The van der Waals surface area contributed by atoms with E-state index < -0.39 is 31.7 Å². The fraction of sp³-hybridized carbons (Fsp3) is 0.571. The van der Waals surface area contributed by atoms with Crippen LogP contribution in [-0.4, -0.2) is 44.7 Å². The normalized spacial score (nSPS) is 24.8. The highest BCUT2D eigenvalue weighted by molar-refractivity contribution is 7.92. The van der Waals surface area contributed by atoms with Crippen molar-refractivity contribution in [3.8, 4) is 0 Å². The molecule has 5 nitrogen and oxygen atoms in total. The van der Waals surface area contributed by atoms with E-state index in [4.69, 9.17) is 0 Å². The maximum absolute atomic E-state index is 13.4. The van der Waals surface area contributed by atoms with Crippen LogP contribution in [0.15, 0.2) is 23.1 Å². The van der Waals surface area contributed by atoms with Crippen molar-refractivity contribution < 1.29 is 21.2 Å². The van der Waals surface area contributed by atoms with Crippen molar-refractivity contribution in [2.24, 2.45) is 0 Å². The highest BCUT2D eigenvalue weighted by atomic mass is 32.2. The average molecular weight is 347 g/mol. The smallest absolute Gasteiger partial charge is 0.229 e. The Morgan fingerprint density at radius 2 is 1.86 bits per heavy atom. The summed E-state index contributed by atoms with van der Waals surface area (Å²) in [6.45, 7) is 1.51. The second-order valence-corrected chi connectivity index (χ2v) is 10.1. The SMILES string of the molecule is Cc1cc(S(=O)(=O)N(C2CC2)C2CCS(=O)(=O)C2)ccc1F. The summed E-state index contributed by atoms with van der Waals surface area (Å²) in [6, 6.07) is 3.06. The third-order valence-corrected chi connectivity index (χ3v) is 7.93. The first kappa shape index (κ1) is 15.9. The van der Waals surface area contributed by atoms with Crippen molar-refractivity contribution in [3.05, 3.63) is 29.6 Å². The molecule has 0 radical (unpaired) electrons. The van der Waals surface area contributed by atoms with Crippen LogP contribution < -0.4 is 0 Å². The van der Waals surface area contributed by atoms with E-state index >= 15 is 0 Å². The van der Waals surface area contributed by atoms with Crippen LogP contribution in [0.2, 0.25) is 0 Å². The van der Waals surface area contributed by atoms with Crippen molar-refractivity contribution in [2.75, 3.05) is 11.5 Å². The Hall–Kier alpha value is -0.990. The number of aryl methyl sites for hydroxylation is 1. The summed E-state index contributed by atoms with van der Waals surface area (Å²) in [6.07, 6.45) is 1.82. The number of benzene rings is 1. The molecule has 1 aromatic rings. The predicted octanol–water partition coefficient (Wildman–Crippen LogP) is 1.47. The van der Waals surface area contributed by atoms with Crippen molar-refractivity contribution in [1.82, 2.24) is 4.31 Å². The second kappa shape index (κ2) is 5.28. The minimum atomic E-state index is -3.81. The largest absolute Gasteiger partial charge is 0.243 e. The molecule has 1 unspecified atom stereocenters. The van der Waals surface area contributed by atoms with Gasteiger partial charge in [-0.3, -0.25) is 0 Å². The highest BCUT2D eigenvalue weighted by Gasteiger charge is 2.46. The van der Waals surface area contributed by atoms with Gasteiger partial charge in [-0.1, -0.05) is 0 Å². The van der Waals surface area contributed by atoms with Gasteiger partial charge in [0.05, 0.1) is 16.4 Å². The lowest BCUT2D eigenvalue weighted by molar-refractivity contribution is 0.332. The van der Waals surface area contributed by atoms with Gasteiger partial charge in [-0.25, -0.2) is 21.2 Å². The van der Waals surface area contributed by atoms with Crippen molar-refractivity contribution >= 4 is 19.9 Å². The molecule has 1 aromatic carbocycles. The van der Waals surface area contributed by atoms with E-state index in [1.807, 2.05) is 0 Å². The first-order valence-electron chi connectivity index (χ1n) is 7.21. The van der Waals surface area contributed by atoms with Gasteiger partial charge in [-0.2, -0.15) is 4.31 Å². The highest BCUT2D eigenvalue weighted by Crippen LogP contribution is 2.37. The Bertz CT molecular complexity index is 800. The topological polar surface area (TPSA) is 71.5 Å².